The quantitative estimate of drug-likeness (QED) is 0.267. The Labute approximate surface area is 182 Å². The molecule has 3 rings (SSSR count). The molecular formula is C22H13Cl2N3O3. The number of carbonyl (C=O) groups excluding carboxylic acids is 2. The van der Waals surface area contributed by atoms with Crippen LogP contribution in [0.5, 0.6) is 5.75 Å². The topological polar surface area (TPSA) is 91.6 Å². The lowest BCUT2D eigenvalue weighted by Gasteiger charge is -2.05. The van der Waals surface area contributed by atoms with Gasteiger partial charge in [-0.25, -0.2) is 10.2 Å². The lowest BCUT2D eigenvalue weighted by Crippen LogP contribution is -2.17. The van der Waals surface area contributed by atoms with E-state index in [1.165, 1.54) is 24.4 Å². The van der Waals surface area contributed by atoms with E-state index in [-0.39, 0.29) is 10.6 Å². The molecule has 148 valence electrons. The van der Waals surface area contributed by atoms with Crippen molar-refractivity contribution in [2.24, 2.45) is 5.10 Å². The van der Waals surface area contributed by atoms with Crippen molar-refractivity contribution in [1.29, 1.82) is 5.26 Å². The zero-order valence-corrected chi connectivity index (χ0v) is 16.8. The highest BCUT2D eigenvalue weighted by atomic mass is 35.5. The highest BCUT2D eigenvalue weighted by Gasteiger charge is 2.10. The van der Waals surface area contributed by atoms with E-state index in [0.29, 0.717) is 27.5 Å². The Kier molecular flexibility index (Phi) is 6.81. The van der Waals surface area contributed by atoms with Crippen LogP contribution in [-0.4, -0.2) is 18.1 Å². The molecule has 0 aliphatic rings. The van der Waals surface area contributed by atoms with Crippen molar-refractivity contribution in [1.82, 2.24) is 5.43 Å². The number of ether oxygens (including phenoxy) is 1. The van der Waals surface area contributed by atoms with E-state index in [2.05, 4.69) is 10.5 Å². The number of rotatable bonds is 5. The Morgan fingerprint density at radius 2 is 1.60 bits per heavy atom. The summed E-state index contributed by atoms with van der Waals surface area (Å²) in [6, 6.07) is 19.2. The summed E-state index contributed by atoms with van der Waals surface area (Å²) >= 11 is 11.7. The normalized spacial score (nSPS) is 10.4. The fourth-order valence-electron chi connectivity index (χ4n) is 2.34. The summed E-state index contributed by atoms with van der Waals surface area (Å²) in [6.07, 6.45) is 1.45. The summed E-state index contributed by atoms with van der Waals surface area (Å²) in [7, 11) is 0. The zero-order valence-electron chi connectivity index (χ0n) is 15.3. The number of nitrogens with zero attached hydrogens (tertiary/aromatic N) is 2. The van der Waals surface area contributed by atoms with Gasteiger partial charge in [0.1, 0.15) is 5.75 Å². The number of hydrogen-bond acceptors (Lipinski definition) is 5. The maximum atomic E-state index is 12.2. The van der Waals surface area contributed by atoms with Crippen molar-refractivity contribution in [2.45, 2.75) is 0 Å². The summed E-state index contributed by atoms with van der Waals surface area (Å²) in [5.41, 5.74) is 4.22. The number of nitriles is 1. The van der Waals surface area contributed by atoms with Gasteiger partial charge in [-0.3, -0.25) is 4.79 Å². The highest BCUT2D eigenvalue weighted by Crippen LogP contribution is 2.23. The molecule has 0 fully saturated rings. The molecule has 0 saturated carbocycles. The summed E-state index contributed by atoms with van der Waals surface area (Å²) in [4.78, 5) is 24.2. The van der Waals surface area contributed by atoms with Crippen LogP contribution in [0.15, 0.2) is 71.8 Å². The maximum absolute atomic E-state index is 12.2. The zero-order chi connectivity index (χ0) is 21.5. The lowest BCUT2D eigenvalue weighted by atomic mass is 10.1. The molecule has 0 radical (unpaired) electrons. The number of amides is 1. The summed E-state index contributed by atoms with van der Waals surface area (Å²) in [5.74, 6) is -0.627. The first kappa shape index (κ1) is 21.1. The van der Waals surface area contributed by atoms with Gasteiger partial charge in [0, 0.05) is 5.56 Å². The van der Waals surface area contributed by atoms with Gasteiger partial charge >= 0.3 is 5.97 Å². The second-order valence-corrected chi connectivity index (χ2v) is 6.79. The van der Waals surface area contributed by atoms with Crippen molar-refractivity contribution < 1.29 is 14.3 Å². The van der Waals surface area contributed by atoms with Gasteiger partial charge in [-0.15, -0.1) is 0 Å². The molecule has 30 heavy (non-hydrogen) atoms. The molecule has 0 unspecified atom stereocenters. The average Bonchev–Trinajstić information content (AvgIpc) is 2.76. The Morgan fingerprint density at radius 3 is 2.23 bits per heavy atom. The van der Waals surface area contributed by atoms with E-state index in [9.17, 15) is 9.59 Å². The van der Waals surface area contributed by atoms with Crippen LogP contribution in [0.2, 0.25) is 10.0 Å². The van der Waals surface area contributed by atoms with Gasteiger partial charge < -0.3 is 4.74 Å². The molecule has 0 bridgehead atoms. The van der Waals surface area contributed by atoms with Crippen molar-refractivity contribution in [3.8, 4) is 11.8 Å². The van der Waals surface area contributed by atoms with Crippen LogP contribution >= 0.6 is 23.2 Å². The highest BCUT2D eigenvalue weighted by molar-refractivity contribution is 6.42. The van der Waals surface area contributed by atoms with Crippen LogP contribution < -0.4 is 10.2 Å². The van der Waals surface area contributed by atoms with Crippen LogP contribution in [0, 0.1) is 11.3 Å². The second kappa shape index (κ2) is 9.70. The third-order valence-electron chi connectivity index (χ3n) is 3.90. The Bertz CT molecular complexity index is 1150. The smallest absolute Gasteiger partial charge is 0.343 e. The number of benzene rings is 3. The van der Waals surface area contributed by atoms with Gasteiger partial charge in [0.25, 0.3) is 5.91 Å². The number of nitrogens with one attached hydrogen (secondary N) is 1. The van der Waals surface area contributed by atoms with E-state index in [4.69, 9.17) is 33.2 Å². The second-order valence-electron chi connectivity index (χ2n) is 5.98. The van der Waals surface area contributed by atoms with Gasteiger partial charge in [0.15, 0.2) is 0 Å². The van der Waals surface area contributed by atoms with Crippen molar-refractivity contribution in [2.75, 3.05) is 0 Å². The molecule has 0 aliphatic heterocycles. The number of hydrogen-bond donors (Lipinski definition) is 1. The molecule has 8 heteroatoms. The summed E-state index contributed by atoms with van der Waals surface area (Å²) in [5, 5.41) is 13.3. The predicted molar refractivity (Wildman–Crippen MR) is 114 cm³/mol. The van der Waals surface area contributed by atoms with E-state index in [0.717, 1.165) is 0 Å². The molecule has 0 spiro atoms. The van der Waals surface area contributed by atoms with E-state index >= 15 is 0 Å². The van der Waals surface area contributed by atoms with E-state index in [1.54, 1.807) is 48.5 Å². The van der Waals surface area contributed by atoms with Gasteiger partial charge in [-0.2, -0.15) is 10.4 Å². The Balaban J connectivity index is 1.57. The van der Waals surface area contributed by atoms with Crippen molar-refractivity contribution in [3.63, 3.8) is 0 Å². The molecule has 0 heterocycles. The van der Waals surface area contributed by atoms with Crippen LogP contribution in [0.25, 0.3) is 0 Å². The van der Waals surface area contributed by atoms with E-state index in [1.807, 2.05) is 6.07 Å². The van der Waals surface area contributed by atoms with Crippen LogP contribution in [0.1, 0.15) is 31.8 Å². The molecule has 6 nitrogen and oxygen atoms in total. The monoisotopic (exact) mass is 437 g/mol. The largest absolute Gasteiger partial charge is 0.423 e. The molecule has 3 aromatic rings. The van der Waals surface area contributed by atoms with Gasteiger partial charge in [-0.1, -0.05) is 23.2 Å². The third-order valence-corrected chi connectivity index (χ3v) is 4.64. The van der Waals surface area contributed by atoms with Crippen molar-refractivity contribution >= 4 is 41.3 Å². The first-order chi connectivity index (χ1) is 14.5. The van der Waals surface area contributed by atoms with Gasteiger partial charge in [0.2, 0.25) is 0 Å². The van der Waals surface area contributed by atoms with Crippen LogP contribution in [-0.2, 0) is 0 Å². The minimum absolute atomic E-state index is 0.265. The molecular weight excluding hydrogens is 425 g/mol. The number of hydrazone groups is 1. The first-order valence-electron chi connectivity index (χ1n) is 8.57. The molecule has 1 amide bonds. The standard InChI is InChI=1S/C22H13Cl2N3O3/c23-19-10-7-17(11-20(19)24)22(29)30-18-8-3-15(4-9-18)13-26-27-21(28)16-5-1-14(12-25)2-6-16/h1-11,13H,(H,27,28)/b26-13-. The maximum Gasteiger partial charge on any atom is 0.343 e. The summed E-state index contributed by atoms with van der Waals surface area (Å²) in [6.45, 7) is 0. The Hall–Kier alpha value is -3.66. The van der Waals surface area contributed by atoms with E-state index < -0.39 is 11.9 Å². The lowest BCUT2D eigenvalue weighted by molar-refractivity contribution is 0.0734. The number of halogens is 2. The van der Waals surface area contributed by atoms with Gasteiger partial charge in [-0.05, 0) is 72.3 Å². The molecule has 0 aliphatic carbocycles. The van der Waals surface area contributed by atoms with Gasteiger partial charge in [0.05, 0.1) is 33.5 Å². The minimum atomic E-state index is -0.565. The Morgan fingerprint density at radius 1 is 0.933 bits per heavy atom. The SMILES string of the molecule is N#Cc1ccc(C(=O)N/N=C\c2ccc(OC(=O)c3ccc(Cl)c(Cl)c3)cc2)cc1. The first-order valence-corrected chi connectivity index (χ1v) is 9.33. The summed E-state index contributed by atoms with van der Waals surface area (Å²) < 4.78 is 5.29. The fourth-order valence-corrected chi connectivity index (χ4v) is 2.64. The van der Waals surface area contributed by atoms with Crippen LogP contribution in [0.3, 0.4) is 0 Å². The fraction of sp³-hybridized carbons (Fsp3) is 0. The average molecular weight is 438 g/mol. The minimum Gasteiger partial charge on any atom is -0.423 e. The molecule has 3 aromatic carbocycles. The molecule has 1 N–H and O–H groups in total. The molecule has 0 atom stereocenters. The molecule has 0 saturated heterocycles. The molecule has 0 aromatic heterocycles. The van der Waals surface area contributed by atoms with Crippen LogP contribution in [0.4, 0.5) is 0 Å². The number of esters is 1. The van der Waals surface area contributed by atoms with Crippen molar-refractivity contribution in [3.05, 3.63) is 99.0 Å². The number of carbonyl (C=O) groups is 2. The predicted octanol–water partition coefficient (Wildman–Crippen LogP) is 4.85. The third kappa shape index (κ3) is 5.45.